The highest BCUT2D eigenvalue weighted by atomic mass is 32.2. The third kappa shape index (κ3) is 3.36. The first-order valence-electron chi connectivity index (χ1n) is 6.17. The minimum absolute atomic E-state index is 0.119. The molecule has 108 valence electrons. The highest BCUT2D eigenvalue weighted by molar-refractivity contribution is 7.89. The van der Waals surface area contributed by atoms with Crippen molar-refractivity contribution in [2.45, 2.75) is 24.8 Å². The lowest BCUT2D eigenvalue weighted by Gasteiger charge is -2.21. The van der Waals surface area contributed by atoms with Gasteiger partial charge >= 0.3 is 0 Å². The van der Waals surface area contributed by atoms with Crippen LogP contribution in [0.5, 0.6) is 0 Å². The van der Waals surface area contributed by atoms with Gasteiger partial charge < -0.3 is 5.73 Å². The standard InChI is InChI=1S/C13H17N3O2S2/c1-9(2)13(11-4-3-7-19-11)16-20(17,18)10-5-6-12(14)15-8-10/h3-9,13,16H,1-2H3,(H2,14,15). The third-order valence-corrected chi connectivity index (χ3v) is 5.25. The van der Waals surface area contributed by atoms with Gasteiger partial charge in [-0.15, -0.1) is 11.3 Å². The van der Waals surface area contributed by atoms with Gasteiger partial charge in [0, 0.05) is 11.1 Å². The number of hydrogen-bond donors (Lipinski definition) is 2. The maximum atomic E-state index is 12.4. The molecule has 3 N–H and O–H groups in total. The fourth-order valence-corrected chi connectivity index (χ4v) is 4.11. The van der Waals surface area contributed by atoms with Gasteiger partial charge in [-0.1, -0.05) is 19.9 Å². The summed E-state index contributed by atoms with van der Waals surface area (Å²) in [6, 6.07) is 6.52. The van der Waals surface area contributed by atoms with Crippen LogP contribution in [0.25, 0.3) is 0 Å². The lowest BCUT2D eigenvalue weighted by molar-refractivity contribution is 0.469. The molecule has 2 aromatic heterocycles. The Bertz CT molecular complexity index is 649. The Labute approximate surface area is 122 Å². The summed E-state index contributed by atoms with van der Waals surface area (Å²) >= 11 is 1.54. The molecular formula is C13H17N3O2S2. The lowest BCUT2D eigenvalue weighted by Crippen LogP contribution is -2.31. The van der Waals surface area contributed by atoms with Crippen LogP contribution in [0.15, 0.2) is 40.7 Å². The number of aromatic nitrogens is 1. The van der Waals surface area contributed by atoms with Crippen molar-refractivity contribution in [2.75, 3.05) is 5.73 Å². The Morgan fingerprint density at radius 1 is 1.30 bits per heavy atom. The first-order valence-corrected chi connectivity index (χ1v) is 8.53. The Hall–Kier alpha value is -1.44. The van der Waals surface area contributed by atoms with Crippen LogP contribution >= 0.6 is 11.3 Å². The molecule has 2 heterocycles. The Balaban J connectivity index is 2.28. The summed E-state index contributed by atoms with van der Waals surface area (Å²) in [5.74, 6) is 0.438. The summed E-state index contributed by atoms with van der Waals surface area (Å²) in [5.41, 5.74) is 5.47. The number of nitrogens with zero attached hydrogens (tertiary/aromatic N) is 1. The maximum absolute atomic E-state index is 12.4. The molecule has 2 rings (SSSR count). The Morgan fingerprint density at radius 2 is 2.05 bits per heavy atom. The van der Waals surface area contributed by atoms with Gasteiger partial charge in [-0.3, -0.25) is 0 Å². The lowest BCUT2D eigenvalue weighted by atomic mass is 10.0. The predicted octanol–water partition coefficient (Wildman–Crippen LogP) is 2.40. The van der Waals surface area contributed by atoms with Crippen molar-refractivity contribution in [1.29, 1.82) is 0 Å². The molecule has 0 aliphatic carbocycles. The first kappa shape index (κ1) is 15.0. The van der Waals surface area contributed by atoms with E-state index in [1.54, 1.807) is 0 Å². The van der Waals surface area contributed by atoms with Crippen molar-refractivity contribution >= 4 is 27.2 Å². The van der Waals surface area contributed by atoms with Gasteiger partial charge in [0.2, 0.25) is 10.0 Å². The second kappa shape index (κ2) is 5.90. The van der Waals surface area contributed by atoms with E-state index in [0.717, 1.165) is 4.88 Å². The summed E-state index contributed by atoms with van der Waals surface area (Å²) in [7, 11) is -3.61. The number of pyridine rings is 1. The highest BCUT2D eigenvalue weighted by Gasteiger charge is 2.24. The molecular weight excluding hydrogens is 294 g/mol. The maximum Gasteiger partial charge on any atom is 0.242 e. The van der Waals surface area contributed by atoms with E-state index in [0.29, 0.717) is 5.82 Å². The van der Waals surface area contributed by atoms with Crippen LogP contribution in [0.1, 0.15) is 24.8 Å². The predicted molar refractivity (Wildman–Crippen MR) is 80.9 cm³/mol. The van der Waals surface area contributed by atoms with Crippen molar-refractivity contribution in [2.24, 2.45) is 5.92 Å². The summed E-state index contributed by atoms with van der Waals surface area (Å²) in [5, 5.41) is 1.93. The molecule has 2 aromatic rings. The van der Waals surface area contributed by atoms with Crippen LogP contribution in [0, 0.1) is 5.92 Å². The summed E-state index contributed by atoms with van der Waals surface area (Å²) < 4.78 is 27.5. The average molecular weight is 311 g/mol. The minimum atomic E-state index is -3.61. The first-order chi connectivity index (χ1) is 9.40. The summed E-state index contributed by atoms with van der Waals surface area (Å²) in [4.78, 5) is 4.93. The van der Waals surface area contributed by atoms with Gasteiger partial charge in [0.1, 0.15) is 10.7 Å². The second-order valence-electron chi connectivity index (χ2n) is 4.78. The second-order valence-corrected chi connectivity index (χ2v) is 7.47. The SMILES string of the molecule is CC(C)C(NS(=O)(=O)c1ccc(N)nc1)c1cccs1. The summed E-state index contributed by atoms with van der Waals surface area (Å²) in [6.07, 6.45) is 1.27. The van der Waals surface area contributed by atoms with E-state index < -0.39 is 10.0 Å². The van der Waals surface area contributed by atoms with Crippen molar-refractivity contribution < 1.29 is 8.42 Å². The van der Waals surface area contributed by atoms with Gasteiger partial charge in [0.15, 0.2) is 0 Å². The molecule has 0 aliphatic rings. The quantitative estimate of drug-likeness (QED) is 0.888. The van der Waals surface area contributed by atoms with Crippen LogP contribution in [0.4, 0.5) is 5.82 Å². The molecule has 1 atom stereocenters. The van der Waals surface area contributed by atoms with Crippen molar-refractivity contribution in [3.8, 4) is 0 Å². The van der Waals surface area contributed by atoms with E-state index in [1.165, 1.54) is 29.7 Å². The van der Waals surface area contributed by atoms with E-state index in [9.17, 15) is 8.42 Å². The number of thiophene rings is 1. The molecule has 0 bridgehead atoms. The Kier molecular flexibility index (Phi) is 4.42. The monoisotopic (exact) mass is 311 g/mol. The fourth-order valence-electron chi connectivity index (χ4n) is 1.78. The van der Waals surface area contributed by atoms with Gasteiger partial charge in [0.25, 0.3) is 0 Å². The van der Waals surface area contributed by atoms with E-state index in [2.05, 4.69) is 9.71 Å². The van der Waals surface area contributed by atoms with Crippen LogP contribution in [-0.4, -0.2) is 13.4 Å². The zero-order valence-electron chi connectivity index (χ0n) is 11.3. The largest absolute Gasteiger partial charge is 0.384 e. The van der Waals surface area contributed by atoms with E-state index in [4.69, 9.17) is 5.73 Å². The van der Waals surface area contributed by atoms with Gasteiger partial charge in [0.05, 0.1) is 6.04 Å². The Morgan fingerprint density at radius 3 is 2.55 bits per heavy atom. The minimum Gasteiger partial charge on any atom is -0.384 e. The number of anilines is 1. The molecule has 0 saturated carbocycles. The fraction of sp³-hybridized carbons (Fsp3) is 0.308. The summed E-state index contributed by atoms with van der Waals surface area (Å²) in [6.45, 7) is 3.96. The van der Waals surface area contributed by atoms with Gasteiger partial charge in [-0.2, -0.15) is 0 Å². The molecule has 7 heteroatoms. The van der Waals surface area contributed by atoms with Crippen LogP contribution < -0.4 is 10.5 Å². The van der Waals surface area contributed by atoms with Gasteiger partial charge in [-0.25, -0.2) is 18.1 Å². The molecule has 0 aromatic carbocycles. The molecule has 1 unspecified atom stereocenters. The van der Waals surface area contributed by atoms with Crippen molar-refractivity contribution in [1.82, 2.24) is 9.71 Å². The molecule has 0 radical (unpaired) electrons. The molecule has 0 fully saturated rings. The average Bonchev–Trinajstić information content (AvgIpc) is 2.90. The number of nitrogen functional groups attached to an aromatic ring is 1. The topological polar surface area (TPSA) is 85.1 Å². The normalized spacial score (nSPS) is 13.6. The number of nitrogens with one attached hydrogen (secondary N) is 1. The zero-order chi connectivity index (χ0) is 14.8. The molecule has 0 spiro atoms. The number of hydrogen-bond acceptors (Lipinski definition) is 5. The van der Waals surface area contributed by atoms with Crippen molar-refractivity contribution in [3.63, 3.8) is 0 Å². The molecule has 20 heavy (non-hydrogen) atoms. The molecule has 0 saturated heterocycles. The smallest absolute Gasteiger partial charge is 0.242 e. The number of nitrogens with two attached hydrogens (primary N) is 1. The van der Waals surface area contributed by atoms with Crippen molar-refractivity contribution in [3.05, 3.63) is 40.7 Å². The van der Waals surface area contributed by atoms with Crippen LogP contribution in [0.3, 0.4) is 0 Å². The van der Waals surface area contributed by atoms with Crippen LogP contribution in [-0.2, 0) is 10.0 Å². The van der Waals surface area contributed by atoms with Gasteiger partial charge in [-0.05, 0) is 29.5 Å². The molecule has 5 nitrogen and oxygen atoms in total. The van der Waals surface area contributed by atoms with Crippen LogP contribution in [0.2, 0.25) is 0 Å². The zero-order valence-corrected chi connectivity index (χ0v) is 12.9. The number of sulfonamides is 1. The van der Waals surface area contributed by atoms with E-state index >= 15 is 0 Å². The number of rotatable bonds is 5. The molecule has 0 aliphatic heterocycles. The third-order valence-electron chi connectivity index (χ3n) is 2.87. The van der Waals surface area contributed by atoms with E-state index in [1.807, 2.05) is 31.4 Å². The highest BCUT2D eigenvalue weighted by Crippen LogP contribution is 2.27. The molecule has 0 amide bonds. The van der Waals surface area contributed by atoms with E-state index in [-0.39, 0.29) is 16.9 Å².